The van der Waals surface area contributed by atoms with Crippen molar-refractivity contribution in [1.29, 1.82) is 0 Å². The minimum atomic E-state index is -4.51. The number of pyridine rings is 1. The van der Waals surface area contributed by atoms with Gasteiger partial charge in [-0.3, -0.25) is 0 Å². The van der Waals surface area contributed by atoms with Gasteiger partial charge in [-0.2, -0.15) is 13.2 Å². The maximum atomic E-state index is 12.8. The van der Waals surface area contributed by atoms with Crippen molar-refractivity contribution in [3.63, 3.8) is 0 Å². The smallest absolute Gasteiger partial charge is 0.419 e. The summed E-state index contributed by atoms with van der Waals surface area (Å²) in [6.07, 6.45) is -2.05. The summed E-state index contributed by atoms with van der Waals surface area (Å²) in [7, 11) is -3.46. The SMILES string of the molecule is CS(=O)(=O)c1cccnc1NCCOc1ccccc1C(F)(F)F. The number of benzene rings is 1. The first-order valence-electron chi connectivity index (χ1n) is 6.87. The summed E-state index contributed by atoms with van der Waals surface area (Å²) in [5.41, 5.74) is -0.861. The maximum Gasteiger partial charge on any atom is 0.419 e. The standard InChI is InChI=1S/C15H15F3N2O3S/c1-24(21,22)13-7-4-8-19-14(13)20-9-10-23-12-6-3-2-5-11(12)15(16,17)18/h2-8H,9-10H2,1H3,(H,19,20). The molecule has 130 valence electrons. The van der Waals surface area contributed by atoms with Crippen LogP contribution < -0.4 is 10.1 Å². The molecule has 0 aliphatic rings. The molecule has 0 radical (unpaired) electrons. The molecule has 0 spiro atoms. The molecule has 0 unspecified atom stereocenters. The first kappa shape index (κ1) is 18.1. The van der Waals surface area contributed by atoms with E-state index in [-0.39, 0.29) is 29.6 Å². The summed E-state index contributed by atoms with van der Waals surface area (Å²) >= 11 is 0. The van der Waals surface area contributed by atoms with E-state index < -0.39 is 21.6 Å². The van der Waals surface area contributed by atoms with Gasteiger partial charge in [-0.1, -0.05) is 12.1 Å². The quantitative estimate of drug-likeness (QED) is 0.802. The largest absolute Gasteiger partial charge is 0.491 e. The predicted octanol–water partition coefficient (Wildman–Crippen LogP) is 2.99. The van der Waals surface area contributed by atoms with Gasteiger partial charge in [0.05, 0.1) is 12.1 Å². The number of halogens is 3. The van der Waals surface area contributed by atoms with Crippen LogP contribution in [0, 0.1) is 0 Å². The Hall–Kier alpha value is -2.29. The first-order valence-corrected chi connectivity index (χ1v) is 8.76. The van der Waals surface area contributed by atoms with Crippen molar-refractivity contribution in [1.82, 2.24) is 4.98 Å². The van der Waals surface area contributed by atoms with Crippen molar-refractivity contribution < 1.29 is 26.3 Å². The van der Waals surface area contributed by atoms with Crippen LogP contribution in [0.3, 0.4) is 0 Å². The predicted molar refractivity (Wildman–Crippen MR) is 82.8 cm³/mol. The summed E-state index contributed by atoms with van der Waals surface area (Å²) in [5.74, 6) is -0.149. The summed E-state index contributed by atoms with van der Waals surface area (Å²) < 4.78 is 66.9. The lowest BCUT2D eigenvalue weighted by Gasteiger charge is -2.14. The fraction of sp³-hybridized carbons (Fsp3) is 0.267. The Kier molecular flexibility index (Phi) is 5.33. The van der Waals surface area contributed by atoms with Gasteiger partial charge >= 0.3 is 6.18 Å². The average Bonchev–Trinajstić information content (AvgIpc) is 2.50. The molecule has 0 saturated carbocycles. The first-order chi connectivity index (χ1) is 11.2. The minimum absolute atomic E-state index is 0.0145. The van der Waals surface area contributed by atoms with E-state index in [1.54, 1.807) is 0 Å². The van der Waals surface area contributed by atoms with Crippen LogP contribution in [0.2, 0.25) is 0 Å². The van der Waals surface area contributed by atoms with E-state index in [1.165, 1.54) is 36.5 Å². The second-order valence-electron chi connectivity index (χ2n) is 4.89. The topological polar surface area (TPSA) is 68.3 Å². The Morgan fingerprint density at radius 2 is 1.88 bits per heavy atom. The van der Waals surface area contributed by atoms with Gasteiger partial charge in [-0.15, -0.1) is 0 Å². The monoisotopic (exact) mass is 360 g/mol. The summed E-state index contributed by atoms with van der Waals surface area (Å²) in [4.78, 5) is 3.94. The van der Waals surface area contributed by atoms with E-state index in [2.05, 4.69) is 10.3 Å². The second kappa shape index (κ2) is 7.08. The number of rotatable bonds is 6. The number of hydrogen-bond acceptors (Lipinski definition) is 5. The number of anilines is 1. The molecule has 1 aromatic carbocycles. The van der Waals surface area contributed by atoms with Gasteiger partial charge in [0.25, 0.3) is 0 Å². The Labute approximate surface area is 137 Å². The summed E-state index contributed by atoms with van der Waals surface area (Å²) in [6.45, 7) is -0.00139. The van der Waals surface area contributed by atoms with Crippen molar-refractivity contribution >= 4 is 15.7 Å². The molecule has 9 heteroatoms. The van der Waals surface area contributed by atoms with Crippen LogP contribution in [0.15, 0.2) is 47.5 Å². The molecule has 0 aliphatic heterocycles. The molecule has 1 N–H and O–H groups in total. The number of ether oxygens (including phenoxy) is 1. The van der Waals surface area contributed by atoms with Gasteiger partial charge in [0.2, 0.25) is 0 Å². The van der Waals surface area contributed by atoms with E-state index in [1.807, 2.05) is 0 Å². The molecule has 0 atom stereocenters. The minimum Gasteiger partial charge on any atom is -0.491 e. The Balaban J connectivity index is 2.01. The van der Waals surface area contributed by atoms with Gasteiger partial charge in [0.1, 0.15) is 23.1 Å². The van der Waals surface area contributed by atoms with Crippen LogP contribution in [0.4, 0.5) is 19.0 Å². The van der Waals surface area contributed by atoms with Gasteiger partial charge in [-0.25, -0.2) is 13.4 Å². The number of para-hydroxylation sites is 1. The van der Waals surface area contributed by atoms with Crippen LogP contribution in [0.1, 0.15) is 5.56 Å². The van der Waals surface area contributed by atoms with E-state index >= 15 is 0 Å². The number of sulfone groups is 1. The molecule has 2 rings (SSSR count). The third-order valence-electron chi connectivity index (χ3n) is 3.01. The molecule has 0 fully saturated rings. The van der Waals surface area contributed by atoms with Crippen molar-refractivity contribution in [2.75, 3.05) is 24.7 Å². The highest BCUT2D eigenvalue weighted by atomic mass is 32.2. The third kappa shape index (κ3) is 4.60. The lowest BCUT2D eigenvalue weighted by atomic mass is 10.2. The van der Waals surface area contributed by atoms with Crippen LogP contribution in [-0.4, -0.2) is 32.8 Å². The molecule has 0 bridgehead atoms. The molecule has 24 heavy (non-hydrogen) atoms. The second-order valence-corrected chi connectivity index (χ2v) is 6.88. The van der Waals surface area contributed by atoms with Gasteiger partial charge < -0.3 is 10.1 Å². The highest BCUT2D eigenvalue weighted by Crippen LogP contribution is 2.35. The molecule has 1 aromatic heterocycles. The van der Waals surface area contributed by atoms with E-state index in [0.29, 0.717) is 0 Å². The highest BCUT2D eigenvalue weighted by Gasteiger charge is 2.33. The lowest BCUT2D eigenvalue weighted by molar-refractivity contribution is -0.138. The Bertz CT molecular complexity index is 808. The molecule has 0 amide bonds. The number of nitrogens with one attached hydrogen (secondary N) is 1. The van der Waals surface area contributed by atoms with Crippen molar-refractivity contribution in [3.8, 4) is 5.75 Å². The maximum absolute atomic E-state index is 12.8. The molecule has 0 aliphatic carbocycles. The van der Waals surface area contributed by atoms with E-state index in [0.717, 1.165) is 12.3 Å². The molecule has 1 heterocycles. The molecule has 5 nitrogen and oxygen atoms in total. The molecule has 2 aromatic rings. The fourth-order valence-corrected chi connectivity index (χ4v) is 2.78. The number of nitrogens with zero attached hydrogens (tertiary/aromatic N) is 1. The van der Waals surface area contributed by atoms with E-state index in [9.17, 15) is 21.6 Å². The Morgan fingerprint density at radius 1 is 1.17 bits per heavy atom. The number of hydrogen-bond donors (Lipinski definition) is 1. The number of aromatic nitrogens is 1. The normalized spacial score (nSPS) is 12.0. The van der Waals surface area contributed by atoms with Crippen molar-refractivity contribution in [2.24, 2.45) is 0 Å². The van der Waals surface area contributed by atoms with Gasteiger partial charge in [-0.05, 0) is 24.3 Å². The lowest BCUT2D eigenvalue weighted by Crippen LogP contribution is -2.16. The fourth-order valence-electron chi connectivity index (χ4n) is 1.98. The van der Waals surface area contributed by atoms with Crippen LogP contribution >= 0.6 is 0 Å². The zero-order valence-corrected chi connectivity index (χ0v) is 13.5. The Morgan fingerprint density at radius 3 is 2.54 bits per heavy atom. The zero-order chi connectivity index (χ0) is 17.8. The number of alkyl halides is 3. The van der Waals surface area contributed by atoms with Crippen LogP contribution in [0.25, 0.3) is 0 Å². The van der Waals surface area contributed by atoms with Crippen LogP contribution in [0.5, 0.6) is 5.75 Å². The van der Waals surface area contributed by atoms with Crippen LogP contribution in [-0.2, 0) is 16.0 Å². The molecular formula is C15H15F3N2O3S. The average molecular weight is 360 g/mol. The summed E-state index contributed by atoms with van der Waals surface area (Å²) in [5, 5.41) is 2.75. The van der Waals surface area contributed by atoms with Crippen molar-refractivity contribution in [2.45, 2.75) is 11.1 Å². The third-order valence-corrected chi connectivity index (χ3v) is 4.14. The zero-order valence-electron chi connectivity index (χ0n) is 12.7. The van der Waals surface area contributed by atoms with Crippen molar-refractivity contribution in [3.05, 3.63) is 48.2 Å². The van der Waals surface area contributed by atoms with E-state index in [4.69, 9.17) is 4.74 Å². The summed E-state index contributed by atoms with van der Waals surface area (Å²) in [6, 6.07) is 7.76. The van der Waals surface area contributed by atoms with Gasteiger partial charge in [0.15, 0.2) is 9.84 Å². The highest BCUT2D eigenvalue weighted by molar-refractivity contribution is 7.90. The molecular weight excluding hydrogens is 345 g/mol. The molecule has 0 saturated heterocycles. The van der Waals surface area contributed by atoms with Gasteiger partial charge in [0, 0.05) is 12.5 Å².